The highest BCUT2D eigenvalue weighted by Gasteiger charge is 2.05. The maximum Gasteiger partial charge on any atom is 0.410 e. The summed E-state index contributed by atoms with van der Waals surface area (Å²) in [5, 5.41) is 0.487. The van der Waals surface area contributed by atoms with E-state index in [1.165, 1.54) is 11.3 Å². The van der Waals surface area contributed by atoms with Crippen molar-refractivity contribution in [3.8, 4) is 15.5 Å². The number of pyridine rings is 1. The highest BCUT2D eigenvalue weighted by atomic mass is 32.1. The first kappa shape index (κ1) is 9.67. The van der Waals surface area contributed by atoms with Crippen molar-refractivity contribution in [3.63, 3.8) is 0 Å². The van der Waals surface area contributed by atoms with Crippen LogP contribution in [0.1, 0.15) is 0 Å². The molecule has 0 saturated heterocycles. The van der Waals surface area contributed by atoms with Crippen molar-refractivity contribution in [1.29, 1.82) is 0 Å². The zero-order chi connectivity index (χ0) is 10.7. The molecule has 0 aromatic carbocycles. The number of amides is 1. The van der Waals surface area contributed by atoms with E-state index in [1.54, 1.807) is 18.5 Å². The predicted molar refractivity (Wildman–Crippen MR) is 57.8 cm³/mol. The smallest absolute Gasteiger partial charge is 0.399 e. The van der Waals surface area contributed by atoms with E-state index < -0.39 is 6.09 Å². The minimum absolute atomic E-state index is 0.487. The molecule has 76 valence electrons. The second-order valence-corrected chi connectivity index (χ2v) is 3.83. The standard InChI is InChI=1S/C10H8N2O2S/c11-10(13)14-9-4-3-8(15-9)7-2-1-5-12-6-7/h1-6H,(H2,11,13). The summed E-state index contributed by atoms with van der Waals surface area (Å²) in [6, 6.07) is 7.36. The number of hydrogen-bond acceptors (Lipinski definition) is 4. The van der Waals surface area contributed by atoms with Gasteiger partial charge in [-0.05, 0) is 18.2 Å². The quantitative estimate of drug-likeness (QED) is 0.844. The van der Waals surface area contributed by atoms with Crippen LogP contribution in [0.2, 0.25) is 0 Å². The fourth-order valence-electron chi connectivity index (χ4n) is 1.14. The van der Waals surface area contributed by atoms with Gasteiger partial charge in [0.25, 0.3) is 0 Å². The van der Waals surface area contributed by atoms with Gasteiger partial charge >= 0.3 is 6.09 Å². The zero-order valence-corrected chi connectivity index (χ0v) is 8.53. The Morgan fingerprint density at radius 3 is 2.93 bits per heavy atom. The maximum atomic E-state index is 10.5. The molecule has 0 bridgehead atoms. The van der Waals surface area contributed by atoms with Gasteiger partial charge in [-0.15, -0.1) is 0 Å². The number of nitrogens with two attached hydrogens (primary N) is 1. The Balaban J connectivity index is 2.24. The molecule has 0 aliphatic heterocycles. The summed E-state index contributed by atoms with van der Waals surface area (Å²) < 4.78 is 4.75. The highest BCUT2D eigenvalue weighted by Crippen LogP contribution is 2.32. The van der Waals surface area contributed by atoms with Gasteiger partial charge in [0, 0.05) is 22.8 Å². The monoisotopic (exact) mass is 220 g/mol. The van der Waals surface area contributed by atoms with Gasteiger partial charge in [0.05, 0.1) is 0 Å². The van der Waals surface area contributed by atoms with E-state index in [1.807, 2.05) is 18.2 Å². The van der Waals surface area contributed by atoms with Crippen molar-refractivity contribution in [1.82, 2.24) is 4.98 Å². The van der Waals surface area contributed by atoms with Crippen LogP contribution in [-0.4, -0.2) is 11.1 Å². The average Bonchev–Trinajstić information content (AvgIpc) is 2.67. The first-order chi connectivity index (χ1) is 7.25. The topological polar surface area (TPSA) is 65.2 Å². The molecule has 0 atom stereocenters. The van der Waals surface area contributed by atoms with Gasteiger partial charge in [0.2, 0.25) is 0 Å². The Morgan fingerprint density at radius 2 is 2.27 bits per heavy atom. The molecule has 0 radical (unpaired) electrons. The lowest BCUT2D eigenvalue weighted by molar-refractivity contribution is 0.212. The van der Waals surface area contributed by atoms with Crippen LogP contribution < -0.4 is 10.5 Å². The maximum absolute atomic E-state index is 10.5. The third-order valence-corrected chi connectivity index (χ3v) is 2.74. The number of rotatable bonds is 2. The molecular formula is C10H8N2O2S. The van der Waals surface area contributed by atoms with Crippen LogP contribution in [0.5, 0.6) is 5.06 Å². The molecule has 0 aliphatic carbocycles. The summed E-state index contributed by atoms with van der Waals surface area (Å²) >= 11 is 1.35. The third-order valence-electron chi connectivity index (χ3n) is 1.73. The minimum Gasteiger partial charge on any atom is -0.399 e. The molecule has 0 spiro atoms. The number of ether oxygens (including phenoxy) is 1. The number of hydrogen-bond donors (Lipinski definition) is 1. The number of carbonyl (C=O) groups is 1. The largest absolute Gasteiger partial charge is 0.410 e. The highest BCUT2D eigenvalue weighted by molar-refractivity contribution is 7.17. The van der Waals surface area contributed by atoms with Gasteiger partial charge in [-0.25, -0.2) is 4.79 Å². The van der Waals surface area contributed by atoms with E-state index in [4.69, 9.17) is 10.5 Å². The van der Waals surface area contributed by atoms with E-state index in [0.29, 0.717) is 5.06 Å². The van der Waals surface area contributed by atoms with Crippen LogP contribution in [0.15, 0.2) is 36.7 Å². The van der Waals surface area contributed by atoms with Crippen molar-refractivity contribution in [3.05, 3.63) is 36.7 Å². The lowest BCUT2D eigenvalue weighted by Crippen LogP contribution is -2.15. The van der Waals surface area contributed by atoms with Crippen molar-refractivity contribution in [2.75, 3.05) is 0 Å². The van der Waals surface area contributed by atoms with Crippen LogP contribution >= 0.6 is 11.3 Å². The lowest BCUT2D eigenvalue weighted by atomic mass is 10.2. The molecule has 0 aliphatic rings. The molecule has 4 nitrogen and oxygen atoms in total. The first-order valence-electron chi connectivity index (χ1n) is 4.23. The van der Waals surface area contributed by atoms with Gasteiger partial charge in [-0.2, -0.15) is 0 Å². The van der Waals surface area contributed by atoms with E-state index in [2.05, 4.69) is 4.98 Å². The number of carbonyl (C=O) groups excluding carboxylic acids is 1. The van der Waals surface area contributed by atoms with E-state index in [-0.39, 0.29) is 0 Å². The molecule has 0 fully saturated rings. The molecular weight excluding hydrogens is 212 g/mol. The summed E-state index contributed by atoms with van der Waals surface area (Å²) in [5.74, 6) is 0. The molecule has 2 aromatic rings. The van der Waals surface area contributed by atoms with Gasteiger partial charge < -0.3 is 10.5 Å². The molecule has 1 amide bonds. The molecule has 15 heavy (non-hydrogen) atoms. The Bertz CT molecular complexity index is 467. The zero-order valence-electron chi connectivity index (χ0n) is 7.71. The van der Waals surface area contributed by atoms with Crippen molar-refractivity contribution >= 4 is 17.4 Å². The molecule has 5 heteroatoms. The van der Waals surface area contributed by atoms with Crippen LogP contribution in [-0.2, 0) is 0 Å². The Morgan fingerprint density at radius 1 is 1.40 bits per heavy atom. The fourth-order valence-corrected chi connectivity index (χ4v) is 1.99. The molecule has 0 saturated carbocycles. The molecule has 2 heterocycles. The number of nitrogens with zero attached hydrogens (tertiary/aromatic N) is 1. The summed E-state index contributed by atoms with van der Waals surface area (Å²) in [6.45, 7) is 0. The summed E-state index contributed by atoms with van der Waals surface area (Å²) in [5.41, 5.74) is 5.89. The van der Waals surface area contributed by atoms with E-state index in [9.17, 15) is 4.79 Å². The van der Waals surface area contributed by atoms with Crippen LogP contribution in [0.4, 0.5) is 4.79 Å². The van der Waals surface area contributed by atoms with Crippen LogP contribution in [0.25, 0.3) is 10.4 Å². The molecule has 2 aromatic heterocycles. The minimum atomic E-state index is -0.797. The van der Waals surface area contributed by atoms with Gasteiger partial charge in [0.15, 0.2) is 5.06 Å². The number of aromatic nitrogens is 1. The van der Waals surface area contributed by atoms with Crippen LogP contribution in [0.3, 0.4) is 0 Å². The van der Waals surface area contributed by atoms with Crippen molar-refractivity contribution in [2.24, 2.45) is 5.73 Å². The molecule has 2 rings (SSSR count). The molecule has 0 unspecified atom stereocenters. The second kappa shape index (κ2) is 4.10. The Hall–Kier alpha value is -1.88. The van der Waals surface area contributed by atoms with Crippen molar-refractivity contribution < 1.29 is 9.53 Å². The summed E-state index contributed by atoms with van der Waals surface area (Å²) in [4.78, 5) is 15.5. The van der Waals surface area contributed by atoms with Crippen molar-refractivity contribution in [2.45, 2.75) is 0 Å². The van der Waals surface area contributed by atoms with E-state index in [0.717, 1.165) is 10.4 Å². The van der Waals surface area contributed by atoms with Gasteiger partial charge in [0.1, 0.15) is 0 Å². The fraction of sp³-hybridized carbons (Fsp3) is 0. The average molecular weight is 220 g/mol. The number of thiophene rings is 1. The van der Waals surface area contributed by atoms with E-state index >= 15 is 0 Å². The SMILES string of the molecule is NC(=O)Oc1ccc(-c2cccnc2)s1. The van der Waals surface area contributed by atoms with Gasteiger partial charge in [-0.1, -0.05) is 17.4 Å². The van der Waals surface area contributed by atoms with Crippen LogP contribution in [0, 0.1) is 0 Å². The first-order valence-corrected chi connectivity index (χ1v) is 5.05. The Labute approximate surface area is 90.3 Å². The Kier molecular flexibility index (Phi) is 2.64. The normalized spacial score (nSPS) is 9.87. The summed E-state index contributed by atoms with van der Waals surface area (Å²) in [6.07, 6.45) is 2.66. The second-order valence-electron chi connectivity index (χ2n) is 2.78. The predicted octanol–water partition coefficient (Wildman–Crippen LogP) is 2.27. The molecule has 2 N–H and O–H groups in total. The summed E-state index contributed by atoms with van der Waals surface area (Å²) in [7, 11) is 0. The third kappa shape index (κ3) is 2.32. The van der Waals surface area contributed by atoms with Gasteiger partial charge in [-0.3, -0.25) is 4.98 Å². The number of primary amides is 1. The lowest BCUT2D eigenvalue weighted by Gasteiger charge is -1.95.